The van der Waals surface area contributed by atoms with E-state index in [4.69, 9.17) is 4.74 Å². The van der Waals surface area contributed by atoms with Crippen LogP contribution in [-0.4, -0.2) is 24.1 Å². The van der Waals surface area contributed by atoms with Crippen LogP contribution < -0.4 is 15.4 Å². The Labute approximate surface area is 119 Å². The third kappa shape index (κ3) is 2.82. The molecule has 5 heteroatoms. The van der Waals surface area contributed by atoms with Crippen molar-refractivity contribution < 1.29 is 4.74 Å². The molecule has 0 aliphatic rings. The molecular weight excluding hydrogens is 252 g/mol. The second-order valence-electron chi connectivity index (χ2n) is 4.46. The Balaban J connectivity index is 2.32. The van der Waals surface area contributed by atoms with Crippen molar-refractivity contribution in [2.75, 3.05) is 24.8 Å². The van der Waals surface area contributed by atoms with Crippen LogP contribution in [0.15, 0.2) is 24.5 Å². The van der Waals surface area contributed by atoms with E-state index in [-0.39, 0.29) is 0 Å². The smallest absolute Gasteiger partial charge is 0.139 e. The normalized spacial score (nSPS) is 10.2. The van der Waals surface area contributed by atoms with E-state index in [0.29, 0.717) is 0 Å². The quantitative estimate of drug-likeness (QED) is 0.875. The van der Waals surface area contributed by atoms with Gasteiger partial charge in [-0.05, 0) is 37.1 Å². The Bertz CT molecular complexity index is 598. The molecule has 0 aliphatic heterocycles. The minimum absolute atomic E-state index is 0.830. The Morgan fingerprint density at radius 1 is 1.20 bits per heavy atom. The van der Waals surface area contributed by atoms with E-state index in [9.17, 15) is 0 Å². The molecule has 0 fully saturated rings. The maximum absolute atomic E-state index is 5.27. The average Bonchev–Trinajstić information content (AvgIpc) is 2.47. The van der Waals surface area contributed by atoms with Crippen LogP contribution in [0.2, 0.25) is 0 Å². The molecule has 2 rings (SSSR count). The standard InChI is InChI=1S/C15H20N4O/c1-5-12-14(16-3)17-9-18-15(12)19-11-6-7-13(20-4)10(2)8-11/h6-9H,5H2,1-4H3,(H2,16,17,18,19). The van der Waals surface area contributed by atoms with Gasteiger partial charge in [-0.15, -0.1) is 0 Å². The zero-order chi connectivity index (χ0) is 14.5. The van der Waals surface area contributed by atoms with Crippen molar-refractivity contribution >= 4 is 17.3 Å². The molecule has 0 saturated carbocycles. The third-order valence-corrected chi connectivity index (χ3v) is 3.19. The van der Waals surface area contributed by atoms with Gasteiger partial charge in [0.15, 0.2) is 0 Å². The van der Waals surface area contributed by atoms with Crippen LogP contribution >= 0.6 is 0 Å². The fourth-order valence-electron chi connectivity index (χ4n) is 2.16. The van der Waals surface area contributed by atoms with Gasteiger partial charge in [0.05, 0.1) is 7.11 Å². The zero-order valence-corrected chi connectivity index (χ0v) is 12.3. The van der Waals surface area contributed by atoms with Crippen molar-refractivity contribution in [1.82, 2.24) is 9.97 Å². The molecule has 2 N–H and O–H groups in total. The van der Waals surface area contributed by atoms with Crippen molar-refractivity contribution in [3.8, 4) is 5.75 Å². The monoisotopic (exact) mass is 272 g/mol. The largest absolute Gasteiger partial charge is 0.496 e. The molecule has 20 heavy (non-hydrogen) atoms. The van der Waals surface area contributed by atoms with Gasteiger partial charge in [0.2, 0.25) is 0 Å². The van der Waals surface area contributed by atoms with Gasteiger partial charge in [0.1, 0.15) is 23.7 Å². The van der Waals surface area contributed by atoms with Gasteiger partial charge in [-0.2, -0.15) is 0 Å². The van der Waals surface area contributed by atoms with Crippen LogP contribution in [0.25, 0.3) is 0 Å². The number of aromatic nitrogens is 2. The SMILES string of the molecule is CCc1c(NC)ncnc1Nc1ccc(OC)c(C)c1. The van der Waals surface area contributed by atoms with E-state index in [1.54, 1.807) is 13.4 Å². The molecule has 0 atom stereocenters. The zero-order valence-electron chi connectivity index (χ0n) is 12.3. The number of hydrogen-bond donors (Lipinski definition) is 2. The van der Waals surface area contributed by atoms with Crippen LogP contribution in [0.3, 0.4) is 0 Å². The molecule has 5 nitrogen and oxygen atoms in total. The lowest BCUT2D eigenvalue weighted by Gasteiger charge is -2.14. The topological polar surface area (TPSA) is 59.1 Å². The van der Waals surface area contributed by atoms with Crippen molar-refractivity contribution in [2.45, 2.75) is 20.3 Å². The highest BCUT2D eigenvalue weighted by Gasteiger charge is 2.09. The van der Waals surface area contributed by atoms with Crippen LogP contribution in [0.5, 0.6) is 5.75 Å². The lowest BCUT2D eigenvalue weighted by molar-refractivity contribution is 0.412. The van der Waals surface area contributed by atoms with Gasteiger partial charge in [0, 0.05) is 18.3 Å². The highest BCUT2D eigenvalue weighted by Crippen LogP contribution is 2.26. The first-order valence-corrected chi connectivity index (χ1v) is 6.62. The molecule has 0 aliphatic carbocycles. The van der Waals surface area contributed by atoms with Gasteiger partial charge in [-0.3, -0.25) is 0 Å². The van der Waals surface area contributed by atoms with E-state index in [1.165, 1.54) is 0 Å². The Kier molecular flexibility index (Phi) is 4.40. The second kappa shape index (κ2) is 6.23. The number of ether oxygens (including phenoxy) is 1. The molecule has 1 aromatic carbocycles. The molecule has 0 amide bonds. The summed E-state index contributed by atoms with van der Waals surface area (Å²) in [5.74, 6) is 2.57. The van der Waals surface area contributed by atoms with Gasteiger partial charge in [0.25, 0.3) is 0 Å². The first-order valence-electron chi connectivity index (χ1n) is 6.62. The van der Waals surface area contributed by atoms with Gasteiger partial charge in [-0.25, -0.2) is 9.97 Å². The highest BCUT2D eigenvalue weighted by atomic mass is 16.5. The second-order valence-corrected chi connectivity index (χ2v) is 4.46. The molecule has 106 valence electrons. The van der Waals surface area contributed by atoms with Crippen LogP contribution in [0.1, 0.15) is 18.1 Å². The van der Waals surface area contributed by atoms with Crippen molar-refractivity contribution in [2.24, 2.45) is 0 Å². The summed E-state index contributed by atoms with van der Waals surface area (Å²) in [5, 5.41) is 6.43. The summed E-state index contributed by atoms with van der Waals surface area (Å²) < 4.78 is 5.27. The maximum atomic E-state index is 5.27. The van der Waals surface area contributed by atoms with E-state index < -0.39 is 0 Å². The minimum atomic E-state index is 0.830. The predicted molar refractivity (Wildman–Crippen MR) is 82.0 cm³/mol. The summed E-state index contributed by atoms with van der Waals surface area (Å²) in [5.41, 5.74) is 3.14. The lowest BCUT2D eigenvalue weighted by Crippen LogP contribution is -2.05. The molecule has 2 aromatic rings. The number of methoxy groups -OCH3 is 1. The minimum Gasteiger partial charge on any atom is -0.496 e. The number of nitrogens with zero attached hydrogens (tertiary/aromatic N) is 2. The summed E-state index contributed by atoms with van der Waals surface area (Å²) in [6.07, 6.45) is 2.41. The first-order chi connectivity index (χ1) is 9.69. The van der Waals surface area contributed by atoms with Crippen LogP contribution in [0.4, 0.5) is 17.3 Å². The molecular formula is C15H20N4O. The van der Waals surface area contributed by atoms with Crippen molar-refractivity contribution in [3.63, 3.8) is 0 Å². The fraction of sp³-hybridized carbons (Fsp3) is 0.333. The Morgan fingerprint density at radius 3 is 2.55 bits per heavy atom. The number of hydrogen-bond acceptors (Lipinski definition) is 5. The summed E-state index contributed by atoms with van der Waals surface area (Å²) in [6.45, 7) is 4.10. The highest BCUT2D eigenvalue weighted by molar-refractivity contribution is 5.65. The van der Waals surface area contributed by atoms with Crippen molar-refractivity contribution in [1.29, 1.82) is 0 Å². The number of aryl methyl sites for hydroxylation is 1. The molecule has 1 heterocycles. The number of nitrogens with one attached hydrogen (secondary N) is 2. The van der Waals surface area contributed by atoms with Gasteiger partial charge < -0.3 is 15.4 Å². The molecule has 1 aromatic heterocycles. The third-order valence-electron chi connectivity index (χ3n) is 3.19. The van der Waals surface area contributed by atoms with E-state index in [1.807, 2.05) is 32.2 Å². The fourth-order valence-corrected chi connectivity index (χ4v) is 2.16. The molecule has 0 saturated heterocycles. The molecule has 0 radical (unpaired) electrons. The Hall–Kier alpha value is -2.30. The van der Waals surface area contributed by atoms with E-state index in [0.717, 1.165) is 40.6 Å². The number of rotatable bonds is 5. The molecule has 0 unspecified atom stereocenters. The summed E-state index contributed by atoms with van der Waals surface area (Å²) >= 11 is 0. The average molecular weight is 272 g/mol. The van der Waals surface area contributed by atoms with Crippen LogP contribution in [-0.2, 0) is 6.42 Å². The van der Waals surface area contributed by atoms with Crippen LogP contribution in [0, 0.1) is 6.92 Å². The van der Waals surface area contributed by atoms with Gasteiger partial charge in [-0.1, -0.05) is 6.92 Å². The first kappa shape index (κ1) is 14.1. The van der Waals surface area contributed by atoms with E-state index >= 15 is 0 Å². The van der Waals surface area contributed by atoms with Crippen molar-refractivity contribution in [3.05, 3.63) is 35.7 Å². The molecule has 0 spiro atoms. The molecule has 0 bridgehead atoms. The maximum Gasteiger partial charge on any atom is 0.139 e. The summed E-state index contributed by atoms with van der Waals surface area (Å²) in [7, 11) is 3.54. The van der Waals surface area contributed by atoms with Gasteiger partial charge >= 0.3 is 0 Å². The number of benzene rings is 1. The lowest BCUT2D eigenvalue weighted by atomic mass is 10.1. The predicted octanol–water partition coefficient (Wildman–Crippen LogP) is 3.14. The summed E-state index contributed by atoms with van der Waals surface area (Å²) in [4.78, 5) is 8.57. The summed E-state index contributed by atoms with van der Waals surface area (Å²) in [6, 6.07) is 5.97. The Morgan fingerprint density at radius 2 is 1.95 bits per heavy atom. The van der Waals surface area contributed by atoms with E-state index in [2.05, 4.69) is 27.5 Å². The number of anilines is 3.